The second-order valence-electron chi connectivity index (χ2n) is 4.01. The van der Waals surface area contributed by atoms with Crippen LogP contribution in [-0.4, -0.2) is 25.8 Å². The first kappa shape index (κ1) is 14.0. The third kappa shape index (κ3) is 3.12. The lowest BCUT2D eigenvalue weighted by Gasteiger charge is -2.19. The van der Waals surface area contributed by atoms with E-state index in [1.807, 2.05) is 0 Å². The molecule has 0 N–H and O–H groups in total. The zero-order chi connectivity index (χ0) is 12.5. The fraction of sp³-hybridized carbons (Fsp3) is 0.600. The Hall–Kier alpha value is 0.570. The van der Waals surface area contributed by atoms with E-state index in [2.05, 4.69) is 31.9 Å². The molecule has 0 radical (unpaired) electrons. The van der Waals surface area contributed by atoms with Crippen molar-refractivity contribution in [3.05, 3.63) is 13.6 Å². The van der Waals surface area contributed by atoms with E-state index in [-0.39, 0.29) is 0 Å². The molecule has 17 heavy (non-hydrogen) atoms. The summed E-state index contributed by atoms with van der Waals surface area (Å²) >= 11 is 8.03. The van der Waals surface area contributed by atoms with E-state index in [4.69, 9.17) is 0 Å². The first-order valence-corrected chi connectivity index (χ1v) is 9.31. The van der Waals surface area contributed by atoms with E-state index in [1.54, 1.807) is 10.4 Å². The lowest BCUT2D eigenvalue weighted by atomic mass is 10.2. The number of halogens is 2. The third-order valence-corrected chi connectivity index (χ3v) is 7.46. The Morgan fingerprint density at radius 2 is 1.71 bits per heavy atom. The Kier molecular flexibility index (Phi) is 4.68. The summed E-state index contributed by atoms with van der Waals surface area (Å²) in [5, 5.41) is 0. The van der Waals surface area contributed by atoms with Crippen LogP contribution in [0.15, 0.2) is 18.5 Å². The summed E-state index contributed by atoms with van der Waals surface area (Å²) in [7, 11) is -3.33. The Balaban J connectivity index is 2.31. The number of nitrogens with zero attached hydrogens (tertiary/aromatic N) is 1. The van der Waals surface area contributed by atoms with E-state index in [0.717, 1.165) is 29.5 Å². The van der Waals surface area contributed by atoms with Crippen LogP contribution in [0, 0.1) is 0 Å². The minimum atomic E-state index is -3.33. The van der Waals surface area contributed by atoms with Crippen molar-refractivity contribution in [1.29, 1.82) is 0 Å². The fourth-order valence-electron chi connectivity index (χ4n) is 1.92. The molecule has 0 atom stereocenters. The molecule has 0 aliphatic carbocycles. The second kappa shape index (κ2) is 5.69. The predicted molar refractivity (Wildman–Crippen MR) is 76.9 cm³/mol. The average molecular weight is 403 g/mol. The molecule has 1 saturated heterocycles. The van der Waals surface area contributed by atoms with Gasteiger partial charge in [0.1, 0.15) is 4.90 Å². The van der Waals surface area contributed by atoms with E-state index < -0.39 is 10.0 Å². The molecule has 96 valence electrons. The third-order valence-electron chi connectivity index (χ3n) is 2.81. The summed E-state index contributed by atoms with van der Waals surface area (Å²) < 4.78 is 28.0. The Bertz CT molecular complexity index is 490. The van der Waals surface area contributed by atoms with E-state index in [0.29, 0.717) is 21.8 Å². The Morgan fingerprint density at radius 1 is 1.12 bits per heavy atom. The van der Waals surface area contributed by atoms with Crippen LogP contribution >= 0.6 is 43.2 Å². The second-order valence-corrected chi connectivity index (χ2v) is 9.66. The van der Waals surface area contributed by atoms with E-state index in [9.17, 15) is 8.42 Å². The van der Waals surface area contributed by atoms with Crippen LogP contribution in [-0.2, 0) is 10.0 Å². The van der Waals surface area contributed by atoms with Crippen LogP contribution in [0.3, 0.4) is 0 Å². The van der Waals surface area contributed by atoms with Crippen LogP contribution in [0.25, 0.3) is 0 Å². The summed E-state index contributed by atoms with van der Waals surface area (Å²) in [6.07, 6.45) is 4.17. The van der Waals surface area contributed by atoms with Crippen LogP contribution in [0.2, 0.25) is 0 Å². The van der Waals surface area contributed by atoms with Gasteiger partial charge in [-0.3, -0.25) is 0 Å². The molecule has 0 aromatic carbocycles. The van der Waals surface area contributed by atoms with Crippen molar-refractivity contribution in [3.63, 3.8) is 0 Å². The summed E-state index contributed by atoms with van der Waals surface area (Å²) in [5.41, 5.74) is 0. The van der Waals surface area contributed by atoms with Gasteiger partial charge in [0, 0.05) is 13.1 Å². The first-order valence-electron chi connectivity index (χ1n) is 5.47. The van der Waals surface area contributed by atoms with Gasteiger partial charge in [0.15, 0.2) is 0 Å². The zero-order valence-electron chi connectivity index (χ0n) is 9.16. The van der Waals surface area contributed by atoms with Gasteiger partial charge < -0.3 is 0 Å². The largest absolute Gasteiger partial charge is 0.245 e. The van der Waals surface area contributed by atoms with Crippen molar-refractivity contribution in [1.82, 2.24) is 4.31 Å². The molecule has 7 heteroatoms. The van der Waals surface area contributed by atoms with E-state index >= 15 is 0 Å². The first-order chi connectivity index (χ1) is 8.01. The standard InChI is InChI=1S/C10H13Br2NO2S2/c11-9-7-8(10(12)16-9)17(14,15)13-5-3-1-2-4-6-13/h7H,1-6H2. The molecule has 1 aliphatic heterocycles. The van der Waals surface area contributed by atoms with Gasteiger partial charge in [0.05, 0.1) is 7.57 Å². The van der Waals surface area contributed by atoms with Gasteiger partial charge in [-0.1, -0.05) is 12.8 Å². The molecule has 3 nitrogen and oxygen atoms in total. The smallest absolute Gasteiger partial charge is 0.207 e. The Morgan fingerprint density at radius 3 is 2.18 bits per heavy atom. The van der Waals surface area contributed by atoms with Crippen LogP contribution in [0.4, 0.5) is 0 Å². The molecule has 1 aliphatic rings. The lowest BCUT2D eigenvalue weighted by molar-refractivity contribution is 0.423. The summed E-state index contributed by atoms with van der Waals surface area (Å²) in [6, 6.07) is 1.68. The molecule has 0 bridgehead atoms. The normalized spacial score (nSPS) is 19.2. The van der Waals surface area contributed by atoms with Crippen molar-refractivity contribution in [2.45, 2.75) is 30.6 Å². The molecule has 0 unspecified atom stereocenters. The topological polar surface area (TPSA) is 37.4 Å². The minimum absolute atomic E-state index is 0.385. The van der Waals surface area contributed by atoms with Crippen molar-refractivity contribution < 1.29 is 8.42 Å². The summed E-state index contributed by atoms with van der Waals surface area (Å²) in [4.78, 5) is 0.385. The van der Waals surface area contributed by atoms with Crippen molar-refractivity contribution in [2.75, 3.05) is 13.1 Å². The van der Waals surface area contributed by atoms with Crippen LogP contribution < -0.4 is 0 Å². The maximum atomic E-state index is 12.5. The number of thiophene rings is 1. The maximum absolute atomic E-state index is 12.5. The molecular formula is C10H13Br2NO2S2. The van der Waals surface area contributed by atoms with Gasteiger partial charge in [0.25, 0.3) is 0 Å². The molecule has 1 fully saturated rings. The number of rotatable bonds is 2. The van der Waals surface area contributed by atoms with Gasteiger partial charge in [-0.15, -0.1) is 11.3 Å². The summed E-state index contributed by atoms with van der Waals surface area (Å²) in [6.45, 7) is 1.28. The molecule has 1 aromatic heterocycles. The average Bonchev–Trinajstić information content (AvgIpc) is 2.52. The molecule has 0 saturated carbocycles. The monoisotopic (exact) mass is 401 g/mol. The van der Waals surface area contributed by atoms with Gasteiger partial charge in [-0.2, -0.15) is 4.31 Å². The van der Waals surface area contributed by atoms with E-state index in [1.165, 1.54) is 11.3 Å². The van der Waals surface area contributed by atoms with Gasteiger partial charge in [-0.25, -0.2) is 8.42 Å². The predicted octanol–water partition coefficient (Wildman–Crippen LogP) is 3.84. The molecular weight excluding hydrogens is 390 g/mol. The molecule has 1 aromatic rings. The van der Waals surface area contributed by atoms with Crippen LogP contribution in [0.5, 0.6) is 0 Å². The highest BCUT2D eigenvalue weighted by atomic mass is 79.9. The highest BCUT2D eigenvalue weighted by Crippen LogP contribution is 2.36. The van der Waals surface area contributed by atoms with Gasteiger partial charge in [0.2, 0.25) is 10.0 Å². The van der Waals surface area contributed by atoms with Gasteiger partial charge >= 0.3 is 0 Å². The zero-order valence-corrected chi connectivity index (χ0v) is 14.0. The van der Waals surface area contributed by atoms with Gasteiger partial charge in [-0.05, 0) is 50.8 Å². The van der Waals surface area contributed by atoms with Crippen molar-refractivity contribution in [2.24, 2.45) is 0 Å². The molecule has 0 amide bonds. The number of sulfonamides is 1. The highest BCUT2D eigenvalue weighted by Gasteiger charge is 2.28. The molecule has 2 heterocycles. The summed E-state index contributed by atoms with van der Waals surface area (Å²) in [5.74, 6) is 0. The number of hydrogen-bond acceptors (Lipinski definition) is 3. The number of hydrogen-bond donors (Lipinski definition) is 0. The van der Waals surface area contributed by atoms with Crippen molar-refractivity contribution >= 4 is 53.2 Å². The molecule has 2 rings (SSSR count). The van der Waals surface area contributed by atoms with Crippen molar-refractivity contribution in [3.8, 4) is 0 Å². The Labute approximate surface area is 123 Å². The quantitative estimate of drug-likeness (QED) is 0.753. The van der Waals surface area contributed by atoms with Crippen LogP contribution in [0.1, 0.15) is 25.7 Å². The maximum Gasteiger partial charge on any atom is 0.245 e. The molecule has 0 spiro atoms. The minimum Gasteiger partial charge on any atom is -0.207 e. The fourth-order valence-corrected chi connectivity index (χ4v) is 7.20. The lowest BCUT2D eigenvalue weighted by Crippen LogP contribution is -2.31. The highest BCUT2D eigenvalue weighted by molar-refractivity contribution is 9.12. The SMILES string of the molecule is O=S(=O)(c1cc(Br)sc1Br)N1CCCCCC1.